The van der Waals surface area contributed by atoms with Crippen molar-refractivity contribution in [1.82, 2.24) is 4.98 Å². The summed E-state index contributed by atoms with van der Waals surface area (Å²) >= 11 is 0. The van der Waals surface area contributed by atoms with Crippen molar-refractivity contribution in [3.05, 3.63) is 33.6 Å². The van der Waals surface area contributed by atoms with E-state index in [2.05, 4.69) is 4.98 Å². The highest BCUT2D eigenvalue weighted by Crippen LogP contribution is 2.30. The molecule has 1 aromatic rings. The number of nitriles is 1. The highest BCUT2D eigenvalue weighted by atomic mass is 19.4. The summed E-state index contributed by atoms with van der Waals surface area (Å²) in [7, 11) is 0. The molecule has 78 valence electrons. The molecular weight excluding hydrogens is 215 g/mol. The van der Waals surface area contributed by atoms with E-state index in [-0.39, 0.29) is 6.07 Å². The molecule has 15 heavy (non-hydrogen) atoms. The smallest absolute Gasteiger partial charge is 0.258 e. The lowest BCUT2D eigenvalue weighted by molar-refractivity contribution is -0.385. The first-order chi connectivity index (χ1) is 6.86. The molecule has 0 fully saturated rings. The summed E-state index contributed by atoms with van der Waals surface area (Å²) in [5.41, 5.74) is -2.80. The van der Waals surface area contributed by atoms with Crippen LogP contribution in [0.4, 0.5) is 18.9 Å². The highest BCUT2D eigenvalue weighted by molar-refractivity contribution is 5.47. The zero-order valence-corrected chi connectivity index (χ0v) is 6.95. The fourth-order valence-corrected chi connectivity index (χ4v) is 0.837. The van der Waals surface area contributed by atoms with Gasteiger partial charge in [0.15, 0.2) is 5.69 Å². The van der Waals surface area contributed by atoms with Gasteiger partial charge < -0.3 is 0 Å². The van der Waals surface area contributed by atoms with Crippen molar-refractivity contribution in [3.63, 3.8) is 0 Å². The Bertz CT molecular complexity index is 450. The number of aromatic nitrogens is 1. The minimum Gasteiger partial charge on any atom is -0.258 e. The van der Waals surface area contributed by atoms with Gasteiger partial charge >= 0.3 is 6.18 Å². The first-order valence-electron chi connectivity index (χ1n) is 3.48. The second kappa shape index (κ2) is 3.53. The third kappa shape index (κ3) is 2.19. The van der Waals surface area contributed by atoms with E-state index in [9.17, 15) is 23.3 Å². The van der Waals surface area contributed by atoms with Crippen LogP contribution in [-0.2, 0) is 6.18 Å². The van der Waals surface area contributed by atoms with E-state index in [1.54, 1.807) is 0 Å². The van der Waals surface area contributed by atoms with E-state index < -0.39 is 28.0 Å². The topological polar surface area (TPSA) is 79.8 Å². The van der Waals surface area contributed by atoms with Crippen LogP contribution in [0, 0.1) is 21.4 Å². The number of nitrogens with zero attached hydrogens (tertiary/aromatic N) is 3. The molecule has 0 aromatic carbocycles. The van der Waals surface area contributed by atoms with Gasteiger partial charge in [-0.05, 0) is 0 Å². The third-order valence-electron chi connectivity index (χ3n) is 1.49. The first kappa shape index (κ1) is 10.9. The second-order valence-corrected chi connectivity index (χ2v) is 2.45. The summed E-state index contributed by atoms with van der Waals surface area (Å²) in [4.78, 5) is 12.2. The summed E-state index contributed by atoms with van der Waals surface area (Å²) in [6, 6.07) is 1.62. The molecule has 0 saturated carbocycles. The monoisotopic (exact) mass is 217 g/mol. The van der Waals surface area contributed by atoms with Crippen LogP contribution < -0.4 is 0 Å². The van der Waals surface area contributed by atoms with Gasteiger partial charge in [-0.1, -0.05) is 0 Å². The molecule has 8 heteroatoms. The molecule has 0 amide bonds. The van der Waals surface area contributed by atoms with Gasteiger partial charge in [-0.15, -0.1) is 0 Å². The maximum Gasteiger partial charge on any atom is 0.433 e. The molecule has 1 aromatic heterocycles. The summed E-state index contributed by atoms with van der Waals surface area (Å²) in [5, 5.41) is 18.7. The fraction of sp³-hybridized carbons (Fsp3) is 0.143. The SMILES string of the molecule is N#Cc1cnc(C(F)(F)F)cc1[N+](=O)[O-]. The summed E-state index contributed by atoms with van der Waals surface area (Å²) < 4.78 is 36.3. The van der Waals surface area contributed by atoms with Gasteiger partial charge in [-0.3, -0.25) is 10.1 Å². The van der Waals surface area contributed by atoms with Crippen LogP contribution in [0.5, 0.6) is 0 Å². The molecule has 0 N–H and O–H groups in total. The van der Waals surface area contributed by atoms with Gasteiger partial charge in [-0.2, -0.15) is 18.4 Å². The lowest BCUT2D eigenvalue weighted by Crippen LogP contribution is -2.09. The molecule has 0 saturated heterocycles. The van der Waals surface area contributed by atoms with Gasteiger partial charge in [0.25, 0.3) is 5.69 Å². The van der Waals surface area contributed by atoms with Crippen molar-refractivity contribution in [1.29, 1.82) is 5.26 Å². The Balaban J connectivity index is 3.37. The zero-order chi connectivity index (χ0) is 11.6. The number of hydrogen-bond acceptors (Lipinski definition) is 4. The minimum atomic E-state index is -4.77. The van der Waals surface area contributed by atoms with Crippen molar-refractivity contribution < 1.29 is 18.1 Å². The molecule has 0 aliphatic heterocycles. The molecular formula is C7H2F3N3O2. The molecule has 0 radical (unpaired) electrons. The lowest BCUT2D eigenvalue weighted by atomic mass is 10.2. The number of halogens is 3. The second-order valence-electron chi connectivity index (χ2n) is 2.45. The standard InChI is InChI=1S/C7H2F3N3O2/c8-7(9,10)6-1-5(13(14)15)4(2-11)3-12-6/h1,3H. The average molecular weight is 217 g/mol. The van der Waals surface area contributed by atoms with E-state index in [4.69, 9.17) is 5.26 Å². The highest BCUT2D eigenvalue weighted by Gasteiger charge is 2.34. The van der Waals surface area contributed by atoms with Crippen LogP contribution in [0.25, 0.3) is 0 Å². The van der Waals surface area contributed by atoms with Crippen LogP contribution in [0.15, 0.2) is 12.3 Å². The Kier molecular flexibility index (Phi) is 2.57. The molecule has 0 aliphatic rings. The van der Waals surface area contributed by atoms with Crippen LogP contribution >= 0.6 is 0 Å². The van der Waals surface area contributed by atoms with Gasteiger partial charge in [-0.25, -0.2) is 4.98 Å². The largest absolute Gasteiger partial charge is 0.433 e. The Morgan fingerprint density at radius 1 is 1.53 bits per heavy atom. The molecule has 0 spiro atoms. The molecule has 1 heterocycles. The Hall–Kier alpha value is -2.17. The molecule has 0 atom stereocenters. The van der Waals surface area contributed by atoms with Gasteiger partial charge in [0, 0.05) is 6.07 Å². The number of alkyl halides is 3. The van der Waals surface area contributed by atoms with E-state index in [0.717, 1.165) is 0 Å². The van der Waals surface area contributed by atoms with Crippen molar-refractivity contribution in [2.24, 2.45) is 0 Å². The van der Waals surface area contributed by atoms with Crippen LogP contribution in [0.2, 0.25) is 0 Å². The van der Waals surface area contributed by atoms with Crippen molar-refractivity contribution in [2.45, 2.75) is 6.18 Å². The predicted octanol–water partition coefficient (Wildman–Crippen LogP) is 1.88. The Morgan fingerprint density at radius 3 is 2.53 bits per heavy atom. The van der Waals surface area contributed by atoms with Crippen molar-refractivity contribution in [3.8, 4) is 6.07 Å². The Labute approximate surface area is 80.9 Å². The van der Waals surface area contributed by atoms with E-state index in [1.807, 2.05) is 0 Å². The molecule has 0 unspecified atom stereocenters. The van der Waals surface area contributed by atoms with Gasteiger partial charge in [0.05, 0.1) is 11.1 Å². The van der Waals surface area contributed by atoms with E-state index in [0.29, 0.717) is 6.20 Å². The molecule has 1 rings (SSSR count). The van der Waals surface area contributed by atoms with Crippen LogP contribution in [0.1, 0.15) is 11.3 Å². The van der Waals surface area contributed by atoms with E-state index >= 15 is 0 Å². The predicted molar refractivity (Wildman–Crippen MR) is 40.6 cm³/mol. The van der Waals surface area contributed by atoms with Crippen molar-refractivity contribution >= 4 is 5.69 Å². The number of nitro groups is 1. The molecule has 0 aliphatic carbocycles. The van der Waals surface area contributed by atoms with Crippen LogP contribution in [-0.4, -0.2) is 9.91 Å². The molecule has 0 bridgehead atoms. The van der Waals surface area contributed by atoms with Gasteiger partial charge in [0.2, 0.25) is 0 Å². The summed E-state index contributed by atoms with van der Waals surface area (Å²) in [6.07, 6.45) is -4.24. The fourth-order valence-electron chi connectivity index (χ4n) is 0.837. The minimum absolute atomic E-state index is 0.235. The number of hydrogen-bond donors (Lipinski definition) is 0. The van der Waals surface area contributed by atoms with Gasteiger partial charge in [0.1, 0.15) is 11.6 Å². The van der Waals surface area contributed by atoms with E-state index in [1.165, 1.54) is 6.07 Å². The first-order valence-corrected chi connectivity index (χ1v) is 3.48. The summed E-state index contributed by atoms with van der Waals surface area (Å²) in [5.74, 6) is 0. The maximum atomic E-state index is 12.1. The average Bonchev–Trinajstić information content (AvgIpc) is 2.15. The third-order valence-corrected chi connectivity index (χ3v) is 1.49. The Morgan fingerprint density at radius 2 is 2.13 bits per heavy atom. The lowest BCUT2D eigenvalue weighted by Gasteiger charge is -2.04. The molecule has 5 nitrogen and oxygen atoms in total. The normalized spacial score (nSPS) is 10.8. The number of pyridine rings is 1. The quantitative estimate of drug-likeness (QED) is 0.531. The maximum absolute atomic E-state index is 12.1. The zero-order valence-electron chi connectivity index (χ0n) is 6.95. The van der Waals surface area contributed by atoms with Crippen LogP contribution in [0.3, 0.4) is 0 Å². The number of rotatable bonds is 1. The summed E-state index contributed by atoms with van der Waals surface area (Å²) in [6.45, 7) is 0. The van der Waals surface area contributed by atoms with Crippen molar-refractivity contribution in [2.75, 3.05) is 0 Å².